The van der Waals surface area contributed by atoms with Gasteiger partial charge in [-0.2, -0.15) is 0 Å². The van der Waals surface area contributed by atoms with Gasteiger partial charge in [0.15, 0.2) is 11.5 Å². The smallest absolute Gasteiger partial charge is 0.311 e. The Kier molecular flexibility index (Phi) is 6.39. The molecule has 1 saturated heterocycles. The van der Waals surface area contributed by atoms with Gasteiger partial charge in [0.25, 0.3) is 5.91 Å². The number of carboxylic acid groups (broad SMARTS) is 1. The lowest BCUT2D eigenvalue weighted by molar-refractivity contribution is -0.147. The molecule has 144 valence electrons. The maximum absolute atomic E-state index is 12.8. The lowest BCUT2D eigenvalue weighted by Crippen LogP contribution is -2.34. The predicted molar refractivity (Wildman–Crippen MR) is 99.2 cm³/mol. The van der Waals surface area contributed by atoms with Crippen molar-refractivity contribution in [2.75, 3.05) is 26.8 Å². The Bertz CT molecular complexity index is 691. The number of likely N-dealkylation sites (tertiary alicyclic amines) is 1. The summed E-state index contributed by atoms with van der Waals surface area (Å²) < 4.78 is 11.1. The highest BCUT2D eigenvalue weighted by Gasteiger charge is 2.42. The standard InChI is InChI=1S/C19H26ClNO5/c1-12(2)5-8-26-16-14(20)9-13(10-15(16)25-4)17(22)21-7-6-19(3,11-21)18(23)24/h9-10,12H,5-8,11H2,1-4H3,(H,23,24). The number of carboxylic acids is 1. The third-order valence-corrected chi connectivity index (χ3v) is 4.98. The van der Waals surface area contributed by atoms with Gasteiger partial charge in [0.05, 0.1) is 24.2 Å². The summed E-state index contributed by atoms with van der Waals surface area (Å²) in [4.78, 5) is 25.7. The average molecular weight is 384 g/mol. The Balaban J connectivity index is 2.19. The average Bonchev–Trinajstić information content (AvgIpc) is 2.98. The molecule has 1 unspecified atom stereocenters. The SMILES string of the molecule is COc1cc(C(=O)N2CCC(C)(C(=O)O)C2)cc(Cl)c1OCCC(C)C. The van der Waals surface area contributed by atoms with Crippen LogP contribution in [0.4, 0.5) is 0 Å². The van der Waals surface area contributed by atoms with Crippen LogP contribution < -0.4 is 9.47 Å². The molecule has 0 spiro atoms. The minimum atomic E-state index is -0.913. The number of carbonyl (C=O) groups is 2. The second-order valence-corrected chi connectivity index (χ2v) is 7.77. The molecule has 1 aromatic carbocycles. The fourth-order valence-electron chi connectivity index (χ4n) is 2.87. The normalized spacial score (nSPS) is 19.7. The summed E-state index contributed by atoms with van der Waals surface area (Å²) in [7, 11) is 1.49. The van der Waals surface area contributed by atoms with Gasteiger partial charge < -0.3 is 19.5 Å². The lowest BCUT2D eigenvalue weighted by Gasteiger charge is -2.21. The molecule has 1 aromatic rings. The van der Waals surface area contributed by atoms with E-state index in [0.29, 0.717) is 47.6 Å². The van der Waals surface area contributed by atoms with E-state index >= 15 is 0 Å². The minimum absolute atomic E-state index is 0.174. The number of hydrogen-bond donors (Lipinski definition) is 1. The topological polar surface area (TPSA) is 76.1 Å². The Labute approximate surface area is 159 Å². The van der Waals surface area contributed by atoms with E-state index in [4.69, 9.17) is 21.1 Å². The first-order valence-corrected chi connectivity index (χ1v) is 9.08. The first kappa shape index (κ1) is 20.4. The van der Waals surface area contributed by atoms with Gasteiger partial charge in [0.1, 0.15) is 0 Å². The first-order chi connectivity index (χ1) is 12.2. The van der Waals surface area contributed by atoms with E-state index in [1.54, 1.807) is 24.0 Å². The number of carbonyl (C=O) groups excluding carboxylic acids is 1. The van der Waals surface area contributed by atoms with Crippen molar-refractivity contribution in [3.8, 4) is 11.5 Å². The molecule has 1 amide bonds. The highest BCUT2D eigenvalue weighted by molar-refractivity contribution is 6.32. The van der Waals surface area contributed by atoms with Crippen LogP contribution in [0.5, 0.6) is 11.5 Å². The number of amides is 1. The molecule has 1 aliphatic heterocycles. The van der Waals surface area contributed by atoms with Gasteiger partial charge in [0.2, 0.25) is 0 Å². The van der Waals surface area contributed by atoms with Crippen molar-refractivity contribution in [2.45, 2.75) is 33.6 Å². The zero-order valence-corrected chi connectivity index (χ0v) is 16.4. The van der Waals surface area contributed by atoms with Gasteiger partial charge in [-0.3, -0.25) is 9.59 Å². The van der Waals surface area contributed by atoms with E-state index in [1.807, 2.05) is 0 Å². The van der Waals surface area contributed by atoms with Crippen molar-refractivity contribution in [1.29, 1.82) is 0 Å². The van der Waals surface area contributed by atoms with Crippen molar-refractivity contribution in [2.24, 2.45) is 11.3 Å². The summed E-state index contributed by atoms with van der Waals surface area (Å²) in [6.07, 6.45) is 1.30. The quantitative estimate of drug-likeness (QED) is 0.776. The number of ether oxygens (including phenoxy) is 2. The molecule has 26 heavy (non-hydrogen) atoms. The van der Waals surface area contributed by atoms with Crippen LogP contribution in [0.3, 0.4) is 0 Å². The van der Waals surface area contributed by atoms with Crippen LogP contribution >= 0.6 is 11.6 Å². The van der Waals surface area contributed by atoms with Crippen LogP contribution in [0.2, 0.25) is 5.02 Å². The number of nitrogens with zero attached hydrogens (tertiary/aromatic N) is 1. The van der Waals surface area contributed by atoms with E-state index in [0.717, 1.165) is 6.42 Å². The summed E-state index contributed by atoms with van der Waals surface area (Å²) in [5.41, 5.74) is -0.554. The molecule has 7 heteroatoms. The lowest BCUT2D eigenvalue weighted by atomic mass is 9.90. The largest absolute Gasteiger partial charge is 0.493 e. The van der Waals surface area contributed by atoms with E-state index in [1.165, 1.54) is 7.11 Å². The summed E-state index contributed by atoms with van der Waals surface area (Å²) in [6.45, 7) is 6.93. The van der Waals surface area contributed by atoms with Crippen LogP contribution in [-0.4, -0.2) is 48.7 Å². The Morgan fingerprint density at radius 2 is 2.08 bits per heavy atom. The van der Waals surface area contributed by atoms with Crippen molar-refractivity contribution < 1.29 is 24.2 Å². The van der Waals surface area contributed by atoms with E-state index in [2.05, 4.69) is 13.8 Å². The van der Waals surface area contributed by atoms with Gasteiger partial charge in [-0.1, -0.05) is 25.4 Å². The second kappa shape index (κ2) is 8.16. The number of benzene rings is 1. The van der Waals surface area contributed by atoms with Gasteiger partial charge in [-0.25, -0.2) is 0 Å². The van der Waals surface area contributed by atoms with E-state index in [-0.39, 0.29) is 12.5 Å². The molecule has 0 radical (unpaired) electrons. The molecule has 1 aliphatic rings. The van der Waals surface area contributed by atoms with Crippen LogP contribution in [0.25, 0.3) is 0 Å². The number of aliphatic carboxylic acids is 1. The van der Waals surface area contributed by atoms with E-state index < -0.39 is 11.4 Å². The van der Waals surface area contributed by atoms with Gasteiger partial charge in [-0.15, -0.1) is 0 Å². The molecular formula is C19H26ClNO5. The van der Waals surface area contributed by atoms with Crippen LogP contribution in [0.15, 0.2) is 12.1 Å². The zero-order valence-electron chi connectivity index (χ0n) is 15.7. The molecular weight excluding hydrogens is 358 g/mol. The summed E-state index contributed by atoms with van der Waals surface area (Å²) >= 11 is 6.32. The second-order valence-electron chi connectivity index (χ2n) is 7.36. The highest BCUT2D eigenvalue weighted by Crippen LogP contribution is 2.38. The molecule has 1 N–H and O–H groups in total. The van der Waals surface area contributed by atoms with Crippen LogP contribution in [0, 0.1) is 11.3 Å². The number of methoxy groups -OCH3 is 1. The van der Waals surface area contributed by atoms with Crippen LogP contribution in [-0.2, 0) is 4.79 Å². The van der Waals surface area contributed by atoms with Crippen molar-refractivity contribution >= 4 is 23.5 Å². The third-order valence-electron chi connectivity index (χ3n) is 4.69. The monoisotopic (exact) mass is 383 g/mol. The van der Waals surface area contributed by atoms with E-state index in [9.17, 15) is 14.7 Å². The van der Waals surface area contributed by atoms with Gasteiger partial charge in [0, 0.05) is 18.7 Å². The maximum atomic E-state index is 12.8. The Morgan fingerprint density at radius 3 is 2.62 bits per heavy atom. The van der Waals surface area contributed by atoms with Gasteiger partial charge in [-0.05, 0) is 37.8 Å². The molecule has 6 nitrogen and oxygen atoms in total. The fourth-order valence-corrected chi connectivity index (χ4v) is 3.14. The summed E-state index contributed by atoms with van der Waals surface area (Å²) in [6, 6.07) is 3.14. The molecule has 0 aliphatic carbocycles. The minimum Gasteiger partial charge on any atom is -0.493 e. The highest BCUT2D eigenvalue weighted by atomic mass is 35.5. The third kappa shape index (κ3) is 4.41. The zero-order chi connectivity index (χ0) is 19.5. The van der Waals surface area contributed by atoms with Crippen LogP contribution in [0.1, 0.15) is 44.0 Å². The van der Waals surface area contributed by atoms with Crippen molar-refractivity contribution in [1.82, 2.24) is 4.90 Å². The first-order valence-electron chi connectivity index (χ1n) is 8.71. The Morgan fingerprint density at radius 1 is 1.38 bits per heavy atom. The van der Waals surface area contributed by atoms with Crippen molar-refractivity contribution in [3.05, 3.63) is 22.7 Å². The fraction of sp³-hybridized carbons (Fsp3) is 0.579. The molecule has 0 aromatic heterocycles. The summed E-state index contributed by atoms with van der Waals surface area (Å²) in [5.74, 6) is 0.161. The predicted octanol–water partition coefficient (Wildman–Crippen LogP) is 3.71. The molecule has 1 fully saturated rings. The summed E-state index contributed by atoms with van der Waals surface area (Å²) in [5, 5.41) is 9.63. The molecule has 1 atom stereocenters. The Hall–Kier alpha value is -1.95. The molecule has 0 bridgehead atoms. The van der Waals surface area contributed by atoms with Gasteiger partial charge >= 0.3 is 5.97 Å². The van der Waals surface area contributed by atoms with Crippen molar-refractivity contribution in [3.63, 3.8) is 0 Å². The number of hydrogen-bond acceptors (Lipinski definition) is 4. The number of halogens is 1. The number of rotatable bonds is 7. The molecule has 2 rings (SSSR count). The molecule has 1 heterocycles. The maximum Gasteiger partial charge on any atom is 0.311 e. The molecule has 0 saturated carbocycles.